The number of aldehydes is 1. The Hall–Kier alpha value is -2.13. The van der Waals surface area contributed by atoms with Crippen LogP contribution in [0.25, 0.3) is 0 Å². The van der Waals surface area contributed by atoms with E-state index in [0.29, 0.717) is 17.6 Å². The second-order valence-electron chi connectivity index (χ2n) is 5.60. The van der Waals surface area contributed by atoms with Crippen molar-refractivity contribution in [2.45, 2.75) is 24.8 Å². The van der Waals surface area contributed by atoms with Gasteiger partial charge in [0, 0.05) is 23.1 Å². The van der Waals surface area contributed by atoms with E-state index < -0.39 is 12.0 Å². The van der Waals surface area contributed by atoms with E-state index in [9.17, 15) is 19.2 Å². The Morgan fingerprint density at radius 3 is 2.92 bits per heavy atom. The standard InChI is InChI=1S/C16H16N2O5S2/c1-9(20)23-7-10-8-25-16-14(15(22)18(16)12(10)6-19)17-13(21)5-11-3-2-4-24-11/h2-4,6,14,16H,5,7-8H2,1H3,(H,17,21)/t14-,16-/m1/s1. The minimum Gasteiger partial charge on any atom is -0.461 e. The van der Waals surface area contributed by atoms with E-state index in [1.807, 2.05) is 17.5 Å². The lowest BCUT2D eigenvalue weighted by molar-refractivity contribution is -0.146. The smallest absolute Gasteiger partial charge is 0.302 e. The van der Waals surface area contributed by atoms with Gasteiger partial charge in [0.2, 0.25) is 5.91 Å². The van der Waals surface area contributed by atoms with E-state index in [2.05, 4.69) is 5.32 Å². The fourth-order valence-corrected chi connectivity index (χ4v) is 4.74. The first-order valence-corrected chi connectivity index (χ1v) is 9.51. The quantitative estimate of drug-likeness (QED) is 0.444. The van der Waals surface area contributed by atoms with Crippen LogP contribution in [0.5, 0.6) is 0 Å². The number of ether oxygens (including phenoxy) is 1. The highest BCUT2D eigenvalue weighted by Crippen LogP contribution is 2.39. The van der Waals surface area contributed by atoms with Crippen molar-refractivity contribution in [3.05, 3.63) is 33.7 Å². The van der Waals surface area contributed by atoms with Gasteiger partial charge in [0.05, 0.1) is 12.1 Å². The van der Waals surface area contributed by atoms with Crippen LogP contribution in [0.2, 0.25) is 0 Å². The lowest BCUT2D eigenvalue weighted by Crippen LogP contribution is -2.70. The Balaban J connectivity index is 1.65. The number of nitrogens with one attached hydrogen (secondary N) is 1. The van der Waals surface area contributed by atoms with Gasteiger partial charge in [-0.3, -0.25) is 24.1 Å². The summed E-state index contributed by atoms with van der Waals surface area (Å²) < 4.78 is 4.93. The third kappa shape index (κ3) is 3.62. The average Bonchev–Trinajstić information content (AvgIpc) is 3.09. The molecule has 0 saturated carbocycles. The van der Waals surface area contributed by atoms with E-state index in [1.54, 1.807) is 0 Å². The SMILES string of the molecule is CC(=O)OCC1=C(C=O)N2C(=O)[C@@H](NC(=O)Cc3cccs3)[C@H]2SC1. The second kappa shape index (κ2) is 7.40. The van der Waals surface area contributed by atoms with Gasteiger partial charge in [-0.1, -0.05) is 6.07 Å². The second-order valence-corrected chi connectivity index (χ2v) is 7.74. The van der Waals surface area contributed by atoms with Crippen LogP contribution in [0.15, 0.2) is 28.8 Å². The summed E-state index contributed by atoms with van der Waals surface area (Å²) in [6.45, 7) is 1.27. The van der Waals surface area contributed by atoms with Gasteiger partial charge in [0.15, 0.2) is 6.29 Å². The molecular formula is C16H16N2O5S2. The van der Waals surface area contributed by atoms with E-state index in [0.717, 1.165) is 4.88 Å². The van der Waals surface area contributed by atoms with Crippen LogP contribution >= 0.6 is 23.1 Å². The molecule has 1 fully saturated rings. The zero-order valence-corrected chi connectivity index (χ0v) is 15.0. The molecular weight excluding hydrogens is 364 g/mol. The number of thiophene rings is 1. The van der Waals surface area contributed by atoms with E-state index in [-0.39, 0.29) is 35.9 Å². The Bertz CT molecular complexity index is 744. The van der Waals surface area contributed by atoms with Gasteiger partial charge in [-0.05, 0) is 11.4 Å². The summed E-state index contributed by atoms with van der Waals surface area (Å²) in [6, 6.07) is 3.10. The molecule has 1 aromatic rings. The maximum absolute atomic E-state index is 12.4. The fraction of sp³-hybridized carbons (Fsp3) is 0.375. The molecule has 1 aromatic heterocycles. The lowest BCUT2D eigenvalue weighted by atomic mass is 10.0. The topological polar surface area (TPSA) is 92.8 Å². The first kappa shape index (κ1) is 17.7. The van der Waals surface area contributed by atoms with E-state index in [1.165, 1.54) is 34.9 Å². The number of amides is 2. The minimum absolute atomic E-state index is 0.0116. The number of esters is 1. The predicted molar refractivity (Wildman–Crippen MR) is 92.8 cm³/mol. The Labute approximate surface area is 152 Å². The summed E-state index contributed by atoms with van der Waals surface area (Å²) in [5.74, 6) is -0.520. The molecule has 1 saturated heterocycles. The van der Waals surface area contributed by atoms with Crippen LogP contribution in [0.3, 0.4) is 0 Å². The van der Waals surface area contributed by atoms with E-state index >= 15 is 0 Å². The molecule has 0 radical (unpaired) electrons. The van der Waals surface area contributed by atoms with Crippen LogP contribution in [0.4, 0.5) is 0 Å². The third-order valence-corrected chi connectivity index (χ3v) is 6.10. The van der Waals surface area contributed by atoms with Crippen molar-refractivity contribution >= 4 is 47.2 Å². The highest BCUT2D eigenvalue weighted by molar-refractivity contribution is 8.00. The summed E-state index contributed by atoms with van der Waals surface area (Å²) >= 11 is 2.92. The Kier molecular flexibility index (Phi) is 5.24. The van der Waals surface area contributed by atoms with Gasteiger partial charge in [0.25, 0.3) is 5.91 Å². The van der Waals surface area contributed by atoms with Crippen LogP contribution in [-0.4, -0.2) is 52.7 Å². The van der Waals surface area contributed by atoms with Crippen molar-refractivity contribution in [1.29, 1.82) is 0 Å². The van der Waals surface area contributed by atoms with Crippen molar-refractivity contribution in [1.82, 2.24) is 10.2 Å². The molecule has 0 aliphatic carbocycles. The summed E-state index contributed by atoms with van der Waals surface area (Å²) in [5.41, 5.74) is 0.835. The third-order valence-electron chi connectivity index (χ3n) is 3.89. The number of carbonyl (C=O) groups is 4. The summed E-state index contributed by atoms with van der Waals surface area (Å²) in [6.07, 6.45) is 0.833. The zero-order valence-electron chi connectivity index (χ0n) is 13.4. The first-order chi connectivity index (χ1) is 12.0. The number of thioether (sulfide) groups is 1. The molecule has 0 unspecified atom stereocenters. The molecule has 0 aromatic carbocycles. The summed E-state index contributed by atoms with van der Waals surface area (Å²) in [7, 11) is 0. The number of nitrogens with zero attached hydrogens (tertiary/aromatic N) is 1. The molecule has 3 rings (SSSR count). The molecule has 2 atom stereocenters. The van der Waals surface area contributed by atoms with Crippen molar-refractivity contribution in [2.24, 2.45) is 0 Å². The normalized spacial score (nSPS) is 22.1. The molecule has 132 valence electrons. The van der Waals surface area contributed by atoms with Gasteiger partial charge < -0.3 is 10.1 Å². The van der Waals surface area contributed by atoms with Crippen molar-refractivity contribution < 1.29 is 23.9 Å². The van der Waals surface area contributed by atoms with Crippen molar-refractivity contribution in [2.75, 3.05) is 12.4 Å². The number of rotatable bonds is 6. The highest BCUT2D eigenvalue weighted by Gasteiger charge is 2.52. The fourth-order valence-electron chi connectivity index (χ4n) is 2.69. The highest BCUT2D eigenvalue weighted by atomic mass is 32.2. The van der Waals surface area contributed by atoms with Gasteiger partial charge in [-0.15, -0.1) is 23.1 Å². The number of hydrogen-bond donors (Lipinski definition) is 1. The largest absolute Gasteiger partial charge is 0.461 e. The van der Waals surface area contributed by atoms with Crippen molar-refractivity contribution in [3.8, 4) is 0 Å². The van der Waals surface area contributed by atoms with Crippen LogP contribution in [0, 0.1) is 0 Å². The minimum atomic E-state index is -0.636. The van der Waals surface area contributed by atoms with Crippen LogP contribution < -0.4 is 5.32 Å². The van der Waals surface area contributed by atoms with Crippen molar-refractivity contribution in [3.63, 3.8) is 0 Å². The number of fused-ring (bicyclic) bond motifs is 1. The molecule has 2 aliphatic rings. The number of β-lactam (4-membered cyclic amide) rings is 1. The van der Waals surface area contributed by atoms with Crippen LogP contribution in [-0.2, 0) is 30.3 Å². The number of carbonyl (C=O) groups excluding carboxylic acids is 4. The van der Waals surface area contributed by atoms with Gasteiger partial charge in [0.1, 0.15) is 18.0 Å². The average molecular weight is 380 g/mol. The molecule has 7 nitrogen and oxygen atoms in total. The number of allylic oxidation sites excluding steroid dienone is 1. The molecule has 0 bridgehead atoms. The summed E-state index contributed by atoms with van der Waals surface area (Å²) in [5, 5.41) is 4.33. The molecule has 3 heterocycles. The maximum Gasteiger partial charge on any atom is 0.302 e. The number of hydrogen-bond acceptors (Lipinski definition) is 7. The maximum atomic E-state index is 12.4. The molecule has 2 amide bonds. The molecule has 1 N–H and O–H groups in total. The zero-order chi connectivity index (χ0) is 18.0. The predicted octanol–water partition coefficient (Wildman–Crippen LogP) is 0.707. The van der Waals surface area contributed by atoms with Gasteiger partial charge in [-0.25, -0.2) is 0 Å². The molecule has 25 heavy (non-hydrogen) atoms. The van der Waals surface area contributed by atoms with Gasteiger partial charge in [-0.2, -0.15) is 0 Å². The molecule has 2 aliphatic heterocycles. The van der Waals surface area contributed by atoms with Gasteiger partial charge >= 0.3 is 5.97 Å². The first-order valence-electron chi connectivity index (χ1n) is 7.58. The molecule has 0 spiro atoms. The monoisotopic (exact) mass is 380 g/mol. The lowest BCUT2D eigenvalue weighted by Gasteiger charge is -2.49. The molecule has 9 heteroatoms. The Morgan fingerprint density at radius 2 is 2.28 bits per heavy atom. The van der Waals surface area contributed by atoms with E-state index in [4.69, 9.17) is 4.74 Å². The van der Waals surface area contributed by atoms with Crippen LogP contribution in [0.1, 0.15) is 11.8 Å². The Morgan fingerprint density at radius 1 is 1.48 bits per heavy atom. The summed E-state index contributed by atoms with van der Waals surface area (Å²) in [4.78, 5) is 49.1.